The molecule has 0 saturated carbocycles. The monoisotopic (exact) mass is 263 g/mol. The summed E-state index contributed by atoms with van der Waals surface area (Å²) in [6, 6.07) is 13.4. The molecule has 0 amide bonds. The summed E-state index contributed by atoms with van der Waals surface area (Å²) >= 11 is 5.76. The van der Waals surface area contributed by atoms with E-state index in [2.05, 4.69) is 5.16 Å². The third kappa shape index (κ3) is 3.86. The molecule has 0 aliphatic heterocycles. The van der Waals surface area contributed by atoms with Crippen molar-refractivity contribution >= 4 is 17.8 Å². The molecule has 0 spiro atoms. The van der Waals surface area contributed by atoms with E-state index < -0.39 is 0 Å². The van der Waals surface area contributed by atoms with Crippen LogP contribution in [-0.2, 0) is 11.4 Å². The van der Waals surface area contributed by atoms with E-state index in [0.29, 0.717) is 5.02 Å². The third-order valence-electron chi connectivity index (χ3n) is 2.27. The lowest BCUT2D eigenvalue weighted by Gasteiger charge is -1.99. The van der Waals surface area contributed by atoms with Gasteiger partial charge < -0.3 is 4.84 Å². The van der Waals surface area contributed by atoms with Gasteiger partial charge in [0.25, 0.3) is 0 Å². The molecule has 0 atom stereocenters. The van der Waals surface area contributed by atoms with Gasteiger partial charge in [0.05, 0.1) is 6.21 Å². The molecule has 18 heavy (non-hydrogen) atoms. The van der Waals surface area contributed by atoms with Gasteiger partial charge in [-0.1, -0.05) is 41.0 Å². The fourth-order valence-electron chi connectivity index (χ4n) is 1.39. The molecule has 0 aliphatic rings. The van der Waals surface area contributed by atoms with E-state index in [4.69, 9.17) is 16.4 Å². The Bertz CT molecular complexity index is 540. The number of benzene rings is 2. The first-order chi connectivity index (χ1) is 8.74. The lowest BCUT2D eigenvalue weighted by atomic mass is 10.2. The number of hydrogen-bond acceptors (Lipinski definition) is 2. The first-order valence-electron chi connectivity index (χ1n) is 5.39. The molecule has 0 radical (unpaired) electrons. The van der Waals surface area contributed by atoms with Crippen LogP contribution >= 0.6 is 11.6 Å². The van der Waals surface area contributed by atoms with Crippen molar-refractivity contribution in [2.75, 3.05) is 0 Å². The molecule has 0 bridgehead atoms. The van der Waals surface area contributed by atoms with Crippen LogP contribution in [-0.4, -0.2) is 6.21 Å². The molecule has 4 heteroatoms. The van der Waals surface area contributed by atoms with Gasteiger partial charge >= 0.3 is 0 Å². The first-order valence-corrected chi connectivity index (χ1v) is 5.77. The second kappa shape index (κ2) is 6.17. The van der Waals surface area contributed by atoms with Crippen LogP contribution in [0, 0.1) is 5.82 Å². The molecule has 0 aliphatic carbocycles. The Morgan fingerprint density at radius 2 is 1.94 bits per heavy atom. The fraction of sp³-hybridized carbons (Fsp3) is 0.0714. The zero-order valence-electron chi connectivity index (χ0n) is 9.51. The van der Waals surface area contributed by atoms with Crippen molar-refractivity contribution in [2.24, 2.45) is 5.16 Å². The molecule has 2 aromatic rings. The van der Waals surface area contributed by atoms with Crippen molar-refractivity contribution < 1.29 is 9.23 Å². The van der Waals surface area contributed by atoms with Crippen molar-refractivity contribution in [3.05, 3.63) is 70.5 Å². The summed E-state index contributed by atoms with van der Waals surface area (Å²) in [6.45, 7) is 0.238. The molecule has 2 aromatic carbocycles. The SMILES string of the molecule is Fc1cccc(CON=Cc2ccc(Cl)cc2)c1. The second-order valence-electron chi connectivity index (χ2n) is 3.69. The maximum atomic E-state index is 12.9. The zero-order chi connectivity index (χ0) is 12.8. The third-order valence-corrected chi connectivity index (χ3v) is 2.52. The summed E-state index contributed by atoms with van der Waals surface area (Å²) in [7, 11) is 0. The summed E-state index contributed by atoms with van der Waals surface area (Å²) in [6.07, 6.45) is 1.58. The quantitative estimate of drug-likeness (QED) is 0.603. The van der Waals surface area contributed by atoms with Gasteiger partial charge in [-0.05, 0) is 35.4 Å². The first kappa shape index (κ1) is 12.6. The molecule has 0 aromatic heterocycles. The Morgan fingerprint density at radius 3 is 2.67 bits per heavy atom. The summed E-state index contributed by atoms with van der Waals surface area (Å²) in [4.78, 5) is 5.08. The molecular formula is C14H11ClFNO. The molecular weight excluding hydrogens is 253 g/mol. The van der Waals surface area contributed by atoms with Gasteiger partial charge in [0.2, 0.25) is 0 Å². The van der Waals surface area contributed by atoms with Gasteiger partial charge in [-0.25, -0.2) is 4.39 Å². The highest BCUT2D eigenvalue weighted by atomic mass is 35.5. The summed E-state index contributed by atoms with van der Waals surface area (Å²) in [5, 5.41) is 4.48. The Kier molecular flexibility index (Phi) is 4.31. The molecule has 0 heterocycles. The molecule has 92 valence electrons. The van der Waals surface area contributed by atoms with Crippen molar-refractivity contribution in [3.8, 4) is 0 Å². The average molecular weight is 264 g/mol. The van der Waals surface area contributed by atoms with E-state index >= 15 is 0 Å². The smallest absolute Gasteiger partial charge is 0.142 e. The number of halogens is 2. The number of hydrogen-bond donors (Lipinski definition) is 0. The van der Waals surface area contributed by atoms with Gasteiger partial charge in [0.15, 0.2) is 0 Å². The van der Waals surface area contributed by atoms with Crippen LogP contribution in [0.15, 0.2) is 53.7 Å². The molecule has 2 nitrogen and oxygen atoms in total. The van der Waals surface area contributed by atoms with Gasteiger partial charge in [-0.15, -0.1) is 0 Å². The summed E-state index contributed by atoms with van der Waals surface area (Å²) < 4.78 is 12.9. The van der Waals surface area contributed by atoms with E-state index in [1.54, 1.807) is 30.5 Å². The fourth-order valence-corrected chi connectivity index (χ4v) is 1.51. The standard InChI is InChI=1S/C14H11ClFNO/c15-13-6-4-11(5-7-13)9-17-18-10-12-2-1-3-14(16)8-12/h1-9H,10H2. The Morgan fingerprint density at radius 1 is 1.17 bits per heavy atom. The minimum Gasteiger partial charge on any atom is -0.391 e. The van der Waals surface area contributed by atoms with Crippen LogP contribution in [0.2, 0.25) is 5.02 Å². The van der Waals surface area contributed by atoms with E-state index in [0.717, 1.165) is 11.1 Å². The molecule has 2 rings (SSSR count). The Balaban J connectivity index is 1.87. The average Bonchev–Trinajstić information content (AvgIpc) is 2.37. The minimum absolute atomic E-state index is 0.238. The van der Waals surface area contributed by atoms with Crippen LogP contribution < -0.4 is 0 Å². The summed E-state index contributed by atoms with van der Waals surface area (Å²) in [5.74, 6) is -0.280. The largest absolute Gasteiger partial charge is 0.391 e. The molecule has 0 fully saturated rings. The predicted molar refractivity (Wildman–Crippen MR) is 70.2 cm³/mol. The highest BCUT2D eigenvalue weighted by molar-refractivity contribution is 6.30. The highest BCUT2D eigenvalue weighted by Gasteiger charge is 1.94. The second-order valence-corrected chi connectivity index (χ2v) is 4.13. The maximum absolute atomic E-state index is 12.9. The lowest BCUT2D eigenvalue weighted by Crippen LogP contribution is -1.89. The van der Waals surface area contributed by atoms with Crippen molar-refractivity contribution in [1.29, 1.82) is 0 Å². The number of nitrogens with zero attached hydrogens (tertiary/aromatic N) is 1. The Labute approximate surface area is 110 Å². The van der Waals surface area contributed by atoms with E-state index in [1.165, 1.54) is 12.1 Å². The summed E-state index contributed by atoms with van der Waals surface area (Å²) in [5.41, 5.74) is 1.63. The van der Waals surface area contributed by atoms with E-state index in [-0.39, 0.29) is 12.4 Å². The van der Waals surface area contributed by atoms with Gasteiger partial charge in [0.1, 0.15) is 12.4 Å². The predicted octanol–water partition coefficient (Wildman–Crippen LogP) is 4.03. The topological polar surface area (TPSA) is 21.6 Å². The van der Waals surface area contributed by atoms with Crippen molar-refractivity contribution in [3.63, 3.8) is 0 Å². The van der Waals surface area contributed by atoms with Crippen molar-refractivity contribution in [2.45, 2.75) is 6.61 Å². The lowest BCUT2D eigenvalue weighted by molar-refractivity contribution is 0.132. The van der Waals surface area contributed by atoms with Crippen LogP contribution in [0.4, 0.5) is 4.39 Å². The number of rotatable bonds is 4. The van der Waals surface area contributed by atoms with E-state index in [9.17, 15) is 4.39 Å². The minimum atomic E-state index is -0.280. The molecule has 0 N–H and O–H groups in total. The highest BCUT2D eigenvalue weighted by Crippen LogP contribution is 2.08. The zero-order valence-corrected chi connectivity index (χ0v) is 10.3. The van der Waals surface area contributed by atoms with Crippen LogP contribution in [0.3, 0.4) is 0 Å². The normalized spacial score (nSPS) is 10.8. The van der Waals surface area contributed by atoms with Gasteiger partial charge in [0, 0.05) is 5.02 Å². The number of oxime groups is 1. The molecule has 0 saturated heterocycles. The molecule has 0 unspecified atom stereocenters. The Hall–Kier alpha value is -1.87. The maximum Gasteiger partial charge on any atom is 0.142 e. The van der Waals surface area contributed by atoms with Crippen LogP contribution in [0.5, 0.6) is 0 Å². The van der Waals surface area contributed by atoms with Gasteiger partial charge in [-0.2, -0.15) is 0 Å². The van der Waals surface area contributed by atoms with Gasteiger partial charge in [-0.3, -0.25) is 0 Å². The van der Waals surface area contributed by atoms with Crippen molar-refractivity contribution in [1.82, 2.24) is 0 Å². The van der Waals surface area contributed by atoms with E-state index in [1.807, 2.05) is 12.1 Å². The van der Waals surface area contributed by atoms with Crippen LogP contribution in [0.1, 0.15) is 11.1 Å². The van der Waals surface area contributed by atoms with Crippen LogP contribution in [0.25, 0.3) is 0 Å².